The molecule has 0 amide bonds. The Hall–Kier alpha value is -1.70. The number of aryl methyl sites for hydroxylation is 2. The molecule has 2 aromatic heterocycles. The lowest BCUT2D eigenvalue weighted by atomic mass is 10.4. The zero-order valence-corrected chi connectivity index (χ0v) is 12.0. The van der Waals surface area contributed by atoms with Gasteiger partial charge in [0.1, 0.15) is 0 Å². The fraction of sp³-hybridized carbons (Fsp3) is 0.400. The van der Waals surface area contributed by atoms with Gasteiger partial charge in [-0.3, -0.25) is 4.57 Å². The summed E-state index contributed by atoms with van der Waals surface area (Å²) >= 11 is 3.41. The van der Waals surface area contributed by atoms with Gasteiger partial charge in [0.2, 0.25) is 11.6 Å². The van der Waals surface area contributed by atoms with Crippen LogP contribution in [0.25, 0.3) is 5.82 Å². The maximum absolute atomic E-state index is 11.0. The molecule has 0 radical (unpaired) electrons. The highest BCUT2D eigenvalue weighted by Gasteiger charge is 2.27. The van der Waals surface area contributed by atoms with Crippen LogP contribution in [-0.4, -0.2) is 24.3 Å². The van der Waals surface area contributed by atoms with Crippen molar-refractivity contribution in [1.29, 1.82) is 0 Å². The van der Waals surface area contributed by atoms with Gasteiger partial charge in [-0.1, -0.05) is 0 Å². The highest BCUT2D eigenvalue weighted by Crippen LogP contribution is 2.28. The smallest absolute Gasteiger partial charge is 0.358 e. The Morgan fingerprint density at radius 3 is 2.39 bits per heavy atom. The number of aromatic nitrogens is 4. The van der Waals surface area contributed by atoms with Crippen molar-refractivity contribution in [3.8, 4) is 5.82 Å². The lowest BCUT2D eigenvalue weighted by Crippen LogP contribution is -2.08. The van der Waals surface area contributed by atoms with E-state index >= 15 is 0 Å². The van der Waals surface area contributed by atoms with Crippen molar-refractivity contribution < 1.29 is 4.92 Å². The van der Waals surface area contributed by atoms with Crippen LogP contribution in [0.1, 0.15) is 17.2 Å². The Balaban J connectivity index is 2.78. The first-order valence-electron chi connectivity index (χ1n) is 5.24. The van der Waals surface area contributed by atoms with Crippen LogP contribution in [0, 0.1) is 30.9 Å². The first kappa shape index (κ1) is 12.7. The molecular weight excluding hydrogens is 302 g/mol. The predicted octanol–water partition coefficient (Wildman–Crippen LogP) is 2.20. The molecule has 2 rings (SSSR count). The van der Waals surface area contributed by atoms with Crippen LogP contribution in [0.5, 0.6) is 0 Å². The minimum absolute atomic E-state index is 0.187. The summed E-state index contributed by atoms with van der Waals surface area (Å²) < 4.78 is 4.04. The maximum atomic E-state index is 11.0. The van der Waals surface area contributed by atoms with E-state index < -0.39 is 4.92 Å². The van der Waals surface area contributed by atoms with Crippen molar-refractivity contribution in [1.82, 2.24) is 19.3 Å². The molecule has 0 saturated heterocycles. The molecule has 0 saturated carbocycles. The summed E-state index contributed by atoms with van der Waals surface area (Å²) in [6.45, 7) is 5.40. The van der Waals surface area contributed by atoms with Gasteiger partial charge in [-0.25, -0.2) is 4.68 Å². The summed E-state index contributed by atoms with van der Waals surface area (Å²) in [5.41, 5.74) is 1.58. The molecule has 0 aliphatic rings. The normalized spacial score (nSPS) is 10.9. The van der Waals surface area contributed by atoms with Gasteiger partial charge in [0.05, 0.1) is 15.9 Å². The van der Waals surface area contributed by atoms with Crippen LogP contribution >= 0.6 is 15.9 Å². The van der Waals surface area contributed by atoms with E-state index in [1.165, 1.54) is 4.68 Å². The minimum atomic E-state index is -0.493. The summed E-state index contributed by atoms with van der Waals surface area (Å²) in [6, 6.07) is 0. The molecule has 0 atom stereocenters. The monoisotopic (exact) mass is 313 g/mol. The molecule has 0 unspecified atom stereocenters. The van der Waals surface area contributed by atoms with Gasteiger partial charge in [0.25, 0.3) is 0 Å². The number of nitrogens with zero attached hydrogens (tertiary/aromatic N) is 5. The van der Waals surface area contributed by atoms with Gasteiger partial charge >= 0.3 is 5.82 Å². The van der Waals surface area contributed by atoms with Gasteiger partial charge in [-0.2, -0.15) is 5.10 Å². The Morgan fingerprint density at radius 1 is 1.33 bits per heavy atom. The standard InChI is InChI=1S/C10H12BrN5O2/c1-5-8(11)6(2)15(13-5)10-9(16(17)18)12-7(3)14(10)4/h1-4H3. The number of nitro groups is 1. The van der Waals surface area contributed by atoms with E-state index in [2.05, 4.69) is 26.0 Å². The second-order valence-electron chi connectivity index (χ2n) is 4.02. The third-order valence-corrected chi connectivity index (χ3v) is 4.00. The number of rotatable bonds is 2. The second-order valence-corrected chi connectivity index (χ2v) is 4.81. The Bertz CT molecular complexity index is 643. The predicted molar refractivity (Wildman–Crippen MR) is 68.9 cm³/mol. The van der Waals surface area contributed by atoms with E-state index in [0.717, 1.165) is 15.9 Å². The highest BCUT2D eigenvalue weighted by atomic mass is 79.9. The van der Waals surface area contributed by atoms with E-state index in [4.69, 9.17) is 0 Å². The Labute approximate surface area is 112 Å². The Morgan fingerprint density at radius 2 is 1.94 bits per heavy atom. The van der Waals surface area contributed by atoms with Crippen LogP contribution in [0.3, 0.4) is 0 Å². The SMILES string of the molecule is Cc1nn(-c2c([N+](=O)[O-])nc(C)n2C)c(C)c1Br. The summed E-state index contributed by atoms with van der Waals surface area (Å²) in [4.78, 5) is 14.5. The van der Waals surface area contributed by atoms with Crippen LogP contribution in [-0.2, 0) is 7.05 Å². The molecule has 0 bridgehead atoms. The molecule has 2 aromatic rings. The van der Waals surface area contributed by atoms with Crippen LogP contribution in [0.2, 0.25) is 0 Å². The number of hydrogen-bond acceptors (Lipinski definition) is 4. The van der Waals surface area contributed by atoms with E-state index in [1.54, 1.807) is 18.5 Å². The van der Waals surface area contributed by atoms with E-state index in [9.17, 15) is 10.1 Å². The molecular formula is C10H12BrN5O2. The molecule has 18 heavy (non-hydrogen) atoms. The minimum Gasteiger partial charge on any atom is -0.358 e. The third kappa shape index (κ3) is 1.72. The largest absolute Gasteiger partial charge is 0.409 e. The lowest BCUT2D eigenvalue weighted by Gasteiger charge is -2.04. The van der Waals surface area contributed by atoms with Gasteiger partial charge in [-0.15, -0.1) is 0 Å². The molecule has 0 spiro atoms. The van der Waals surface area contributed by atoms with Crippen molar-refractivity contribution in [2.75, 3.05) is 0 Å². The highest BCUT2D eigenvalue weighted by molar-refractivity contribution is 9.10. The number of hydrogen-bond donors (Lipinski definition) is 0. The average Bonchev–Trinajstić information content (AvgIpc) is 2.72. The van der Waals surface area contributed by atoms with Crippen molar-refractivity contribution in [3.05, 3.63) is 31.8 Å². The van der Waals surface area contributed by atoms with E-state index in [0.29, 0.717) is 11.6 Å². The molecule has 2 heterocycles. The topological polar surface area (TPSA) is 78.8 Å². The summed E-state index contributed by atoms with van der Waals surface area (Å²) in [5.74, 6) is 0.747. The fourth-order valence-corrected chi connectivity index (χ4v) is 2.02. The number of imidazole rings is 1. The quantitative estimate of drug-likeness (QED) is 0.629. The average molecular weight is 314 g/mol. The molecule has 0 aliphatic heterocycles. The van der Waals surface area contributed by atoms with Gasteiger partial charge in [0.15, 0.2) is 0 Å². The van der Waals surface area contributed by atoms with Crippen LogP contribution < -0.4 is 0 Å². The first-order chi connectivity index (χ1) is 8.34. The summed E-state index contributed by atoms with van der Waals surface area (Å²) in [5, 5.41) is 15.3. The Kier molecular flexibility index (Phi) is 2.97. The molecule has 0 aliphatic carbocycles. The third-order valence-electron chi connectivity index (χ3n) is 2.85. The second kappa shape index (κ2) is 4.20. The van der Waals surface area contributed by atoms with Crippen molar-refractivity contribution in [2.45, 2.75) is 20.8 Å². The van der Waals surface area contributed by atoms with Crippen LogP contribution in [0.15, 0.2) is 4.47 Å². The van der Waals surface area contributed by atoms with E-state index in [-0.39, 0.29) is 5.82 Å². The van der Waals surface area contributed by atoms with Crippen molar-refractivity contribution >= 4 is 21.7 Å². The summed E-state index contributed by atoms with van der Waals surface area (Å²) in [6.07, 6.45) is 0. The molecule has 7 nitrogen and oxygen atoms in total. The molecule has 96 valence electrons. The maximum Gasteiger partial charge on any atom is 0.409 e. The van der Waals surface area contributed by atoms with Gasteiger partial charge < -0.3 is 10.1 Å². The molecule has 0 N–H and O–H groups in total. The number of halogens is 1. The van der Waals surface area contributed by atoms with E-state index in [1.807, 2.05) is 13.8 Å². The van der Waals surface area contributed by atoms with Gasteiger partial charge in [-0.05, 0) is 39.7 Å². The lowest BCUT2D eigenvalue weighted by molar-refractivity contribution is -0.389. The molecule has 0 fully saturated rings. The summed E-state index contributed by atoms with van der Waals surface area (Å²) in [7, 11) is 1.73. The zero-order chi connectivity index (χ0) is 13.6. The zero-order valence-electron chi connectivity index (χ0n) is 10.4. The van der Waals surface area contributed by atoms with Crippen molar-refractivity contribution in [2.24, 2.45) is 7.05 Å². The first-order valence-corrected chi connectivity index (χ1v) is 6.03. The fourth-order valence-electron chi connectivity index (χ4n) is 1.77. The molecule has 0 aromatic carbocycles. The molecule has 8 heteroatoms. The van der Waals surface area contributed by atoms with Gasteiger partial charge in [0, 0.05) is 14.0 Å². The van der Waals surface area contributed by atoms with Crippen molar-refractivity contribution in [3.63, 3.8) is 0 Å². The van der Waals surface area contributed by atoms with Crippen LogP contribution in [0.4, 0.5) is 5.82 Å².